The number of aliphatic hydroxyl groups is 4. The maximum Gasteiger partial charge on any atom is 0.329 e. The minimum Gasteiger partial charge on any atom is -0.456 e. The molecule has 15 nitrogen and oxygen atoms in total. The minimum atomic E-state index is -3.04. The second kappa shape index (κ2) is 24.5. The van der Waals surface area contributed by atoms with Crippen molar-refractivity contribution < 1.29 is 68.5 Å². The lowest BCUT2D eigenvalue weighted by atomic mass is 9.81. The minimum absolute atomic E-state index is 0.0104. The highest BCUT2D eigenvalue weighted by molar-refractivity contribution is 6.39. The van der Waals surface area contributed by atoms with Crippen molar-refractivity contribution in [1.82, 2.24) is 4.90 Å². The van der Waals surface area contributed by atoms with Gasteiger partial charge in [0.15, 0.2) is 0 Å². The molecule has 0 aromatic carbocycles. The summed E-state index contributed by atoms with van der Waals surface area (Å²) in [6.45, 7) is 6.87. The number of amides is 1. The number of pyridine rings is 1. The summed E-state index contributed by atoms with van der Waals surface area (Å²) in [5.41, 5.74) is 2.01. The number of piperidine rings is 1. The topological polar surface area (TPSA) is 213 Å². The number of aliphatic hydroxyl groups excluding tert-OH is 2. The fraction of sp³-hybridized carbons (Fsp3) is 0.688. The summed E-state index contributed by atoms with van der Waals surface area (Å²) >= 11 is 0. The van der Waals surface area contributed by atoms with Crippen LogP contribution in [0.4, 0.5) is 0 Å². The van der Waals surface area contributed by atoms with Crippen molar-refractivity contribution in [2.45, 2.75) is 160 Å². The largest absolute Gasteiger partial charge is 0.456 e. The molecule has 1 saturated carbocycles. The van der Waals surface area contributed by atoms with Gasteiger partial charge in [-0.2, -0.15) is 0 Å². The number of allylic oxidation sites excluding steroid dienone is 3. The molecule has 0 radical (unpaired) electrons. The van der Waals surface area contributed by atoms with E-state index >= 15 is 0 Å². The van der Waals surface area contributed by atoms with E-state index in [0.717, 1.165) is 15.2 Å². The Morgan fingerprint density at radius 3 is 2.30 bits per heavy atom. The Morgan fingerprint density at radius 2 is 1.62 bits per heavy atom. The molecular weight excluding hydrogens is 813 g/mol. The van der Waals surface area contributed by atoms with Gasteiger partial charge >= 0.3 is 5.97 Å². The van der Waals surface area contributed by atoms with Gasteiger partial charge < -0.3 is 44.3 Å². The van der Waals surface area contributed by atoms with E-state index < -0.39 is 77.8 Å². The van der Waals surface area contributed by atoms with Gasteiger partial charge in [-0.3, -0.25) is 19.6 Å². The molecule has 63 heavy (non-hydrogen) atoms. The second-order valence-electron chi connectivity index (χ2n) is 18.1. The number of methoxy groups -OCH3 is 3. The lowest BCUT2D eigenvalue weighted by Crippen LogP contribution is -2.58. The number of hydrogen-bond acceptors (Lipinski definition) is 13. The van der Waals surface area contributed by atoms with Gasteiger partial charge in [-0.05, 0) is 108 Å². The maximum atomic E-state index is 14.3. The first-order chi connectivity index (χ1) is 29.9. The van der Waals surface area contributed by atoms with Gasteiger partial charge in [-0.15, -0.1) is 0 Å². The highest BCUT2D eigenvalue weighted by Crippen LogP contribution is 2.33. The number of carbonyl (C=O) groups is 4. The van der Waals surface area contributed by atoms with Gasteiger partial charge in [0.05, 0.1) is 30.5 Å². The first kappa shape index (κ1) is 51.8. The van der Waals surface area contributed by atoms with E-state index in [9.17, 15) is 44.8 Å². The van der Waals surface area contributed by atoms with E-state index in [2.05, 4.69) is 0 Å². The van der Waals surface area contributed by atoms with Gasteiger partial charge in [0.2, 0.25) is 12.0 Å². The van der Waals surface area contributed by atoms with E-state index in [1.165, 1.54) is 20.2 Å². The zero-order valence-electron chi connectivity index (χ0n) is 38.3. The number of Topliss-reactive ketones (excluding diaryl/α,β-unsaturated/α-hetero) is 2. The molecule has 15 heteroatoms. The average molecular weight is 886 g/mol. The van der Waals surface area contributed by atoms with Crippen LogP contribution < -0.4 is 4.73 Å². The third kappa shape index (κ3) is 14.3. The molecule has 2 fully saturated rings. The van der Waals surface area contributed by atoms with Gasteiger partial charge in [0, 0.05) is 75.0 Å². The van der Waals surface area contributed by atoms with Crippen molar-refractivity contribution in [3.63, 3.8) is 0 Å². The van der Waals surface area contributed by atoms with E-state index in [-0.39, 0.29) is 50.0 Å². The SMILES string of the molecule is CO[C@@H]1CCC[C@@H](OC)C[C@@H](C)C(O)(O)C(=O)C(=O)N2CCCC[C@H]2C(=O)O[C@H](/C(C)=C/[C@@H]2CC[C@@H](O)[C@H](OC)C2)[C@H](C)[C@@H](O)CC(=O)[C@H](C/C=C/c2cccc[n+]2O)/C=C(\C)C1. The third-order valence-corrected chi connectivity index (χ3v) is 13.4. The van der Waals surface area contributed by atoms with Crippen LogP contribution in [0.15, 0.2) is 53.8 Å². The van der Waals surface area contributed by atoms with Crippen LogP contribution in [0.5, 0.6) is 0 Å². The molecule has 4 rings (SSSR count). The van der Waals surface area contributed by atoms with E-state index in [0.29, 0.717) is 69.1 Å². The van der Waals surface area contributed by atoms with Crippen molar-refractivity contribution in [3.8, 4) is 0 Å². The van der Waals surface area contributed by atoms with Crippen LogP contribution in [0, 0.1) is 23.7 Å². The summed E-state index contributed by atoms with van der Waals surface area (Å²) in [6, 6.07) is 3.98. The molecule has 1 amide bonds. The average Bonchev–Trinajstić information content (AvgIpc) is 3.26. The summed E-state index contributed by atoms with van der Waals surface area (Å²) < 4.78 is 24.3. The van der Waals surface area contributed by atoms with E-state index in [1.807, 2.05) is 19.1 Å². The summed E-state index contributed by atoms with van der Waals surface area (Å²) in [5, 5.41) is 55.1. The smallest absolute Gasteiger partial charge is 0.329 e. The van der Waals surface area contributed by atoms with E-state index in [4.69, 9.17) is 18.9 Å². The Balaban J connectivity index is 1.75. The Bertz CT molecular complexity index is 1780. The normalized spacial score (nSPS) is 34.0. The lowest BCUT2D eigenvalue weighted by molar-refractivity contribution is -0.905. The third-order valence-electron chi connectivity index (χ3n) is 13.4. The number of hydrogen-bond donors (Lipinski definition) is 5. The summed E-state index contributed by atoms with van der Waals surface area (Å²) in [7, 11) is 4.65. The highest BCUT2D eigenvalue weighted by Gasteiger charge is 2.48. The van der Waals surface area contributed by atoms with Crippen molar-refractivity contribution in [3.05, 3.63) is 59.5 Å². The quantitative estimate of drug-likeness (QED) is 0.0612. The number of rotatable bonds is 8. The Morgan fingerprint density at radius 1 is 0.905 bits per heavy atom. The van der Waals surface area contributed by atoms with Gasteiger partial charge in [-0.1, -0.05) is 37.6 Å². The van der Waals surface area contributed by atoms with Crippen LogP contribution in [0.3, 0.4) is 0 Å². The molecule has 5 N–H and O–H groups in total. The van der Waals surface area contributed by atoms with Crippen molar-refractivity contribution >= 4 is 29.5 Å². The first-order valence-electron chi connectivity index (χ1n) is 22.6. The van der Waals surface area contributed by atoms with Crippen LogP contribution in [-0.2, 0) is 38.1 Å². The van der Waals surface area contributed by atoms with Crippen LogP contribution >= 0.6 is 0 Å². The molecule has 1 aromatic rings. The van der Waals surface area contributed by atoms with Gasteiger partial charge in [0.25, 0.3) is 17.4 Å². The fourth-order valence-corrected chi connectivity index (χ4v) is 9.26. The number of cyclic esters (lactones) is 1. The first-order valence-corrected chi connectivity index (χ1v) is 22.6. The number of carbonyl (C=O) groups excluding carboxylic acids is 4. The summed E-state index contributed by atoms with van der Waals surface area (Å²) in [4.78, 5) is 57.2. The molecule has 0 unspecified atom stereocenters. The van der Waals surface area contributed by atoms with Crippen LogP contribution in [0.1, 0.15) is 117 Å². The van der Waals surface area contributed by atoms with Crippen molar-refractivity contribution in [2.24, 2.45) is 23.7 Å². The number of ether oxygens (including phenoxy) is 4. The van der Waals surface area contributed by atoms with Crippen molar-refractivity contribution in [1.29, 1.82) is 0 Å². The van der Waals surface area contributed by atoms with Crippen molar-refractivity contribution in [2.75, 3.05) is 27.9 Å². The summed E-state index contributed by atoms with van der Waals surface area (Å²) in [6.07, 6.45) is 9.89. The second-order valence-corrected chi connectivity index (χ2v) is 18.1. The monoisotopic (exact) mass is 886 g/mol. The molecule has 352 valence electrons. The number of aromatic nitrogens is 1. The molecule has 3 heterocycles. The Labute approximate surface area is 372 Å². The maximum absolute atomic E-state index is 14.3. The Hall–Kier alpha value is -3.83. The predicted octanol–water partition coefficient (Wildman–Crippen LogP) is 4.43. The molecule has 0 spiro atoms. The molecule has 1 saturated heterocycles. The van der Waals surface area contributed by atoms with Gasteiger partial charge in [0.1, 0.15) is 17.9 Å². The highest BCUT2D eigenvalue weighted by atomic mass is 16.5. The number of ketones is 2. The molecular formula is C48H73N2O13+. The number of esters is 1. The van der Waals surface area contributed by atoms with E-state index in [1.54, 1.807) is 58.4 Å². The Kier molecular flexibility index (Phi) is 20.1. The fourth-order valence-electron chi connectivity index (χ4n) is 9.26. The molecule has 1 aliphatic carbocycles. The van der Waals surface area contributed by atoms with Crippen LogP contribution in [-0.4, -0.2) is 130 Å². The molecule has 0 bridgehead atoms. The predicted molar refractivity (Wildman–Crippen MR) is 233 cm³/mol. The standard InChI is InChI=1S/C48H73N2O13/c1-30-24-35(14-12-16-36-15-8-11-23-50(36)59)42(53)29-41(52)33(4)44(31(2)26-34-20-21-40(51)43(28-34)62-7)63-47(56)39-19-9-10-22-49(39)46(55)45(54)48(57,58)32(3)27-38(61-6)18-13-17-37(25-30)60-5/h8,11-12,15-16,23-24,26,32-35,37-41,43-44,51-52,57-59H,9-10,13-14,17-22,25,27-29H2,1-7H3/q+1/b16-12+,30-24+,31-26+/t32-,33-,34+,35-,37-,38-,39+,40-,41+,43-,44-/m1/s1. The van der Waals surface area contributed by atoms with Crippen LogP contribution in [0.25, 0.3) is 6.08 Å². The lowest BCUT2D eigenvalue weighted by Gasteiger charge is -2.38. The number of nitrogens with zero attached hydrogens (tertiary/aromatic N) is 2. The molecule has 11 atom stereocenters. The number of fused-ring (bicyclic) bond motifs is 1. The van der Waals surface area contributed by atoms with Crippen LogP contribution in [0.2, 0.25) is 0 Å². The zero-order chi connectivity index (χ0) is 46.4. The molecule has 2 aliphatic heterocycles. The summed E-state index contributed by atoms with van der Waals surface area (Å²) in [5.74, 6) is -9.42. The zero-order valence-corrected chi connectivity index (χ0v) is 38.3. The van der Waals surface area contributed by atoms with Gasteiger partial charge in [-0.25, -0.2) is 4.79 Å². The molecule has 1 aromatic heterocycles. The molecule has 3 aliphatic rings.